The summed E-state index contributed by atoms with van der Waals surface area (Å²) in [5.41, 5.74) is 8.71. The van der Waals surface area contributed by atoms with Crippen LogP contribution in [-0.2, 0) is 0 Å². The molecule has 0 radical (unpaired) electrons. The summed E-state index contributed by atoms with van der Waals surface area (Å²) in [6, 6.07) is 7.98. The minimum atomic E-state index is 0.0893. The average molecular weight is 174 g/mol. The summed E-state index contributed by atoms with van der Waals surface area (Å²) in [5, 5.41) is 8.72. The Hall–Kier alpha value is -1.33. The first-order valence-corrected chi connectivity index (χ1v) is 4.45. The normalized spacial score (nSPS) is 12.2. The molecular formula is C11H14N2. The zero-order valence-electron chi connectivity index (χ0n) is 8.04. The Kier molecular flexibility index (Phi) is 3.05. The van der Waals surface area contributed by atoms with E-state index in [4.69, 9.17) is 11.0 Å². The van der Waals surface area contributed by atoms with Gasteiger partial charge in [0.25, 0.3) is 0 Å². The molecule has 0 unspecified atom stereocenters. The van der Waals surface area contributed by atoms with Gasteiger partial charge in [-0.15, -0.1) is 0 Å². The number of nitrogens with two attached hydrogens (primary N) is 1. The fourth-order valence-corrected chi connectivity index (χ4v) is 1.28. The van der Waals surface area contributed by atoms with E-state index >= 15 is 0 Å². The zero-order chi connectivity index (χ0) is 9.84. The van der Waals surface area contributed by atoms with Crippen LogP contribution in [0, 0.1) is 18.3 Å². The SMILES string of the molecule is CC[C@H](N)c1ccc(C#N)c(C)c1. The molecule has 2 heteroatoms. The second-order valence-electron chi connectivity index (χ2n) is 3.20. The van der Waals surface area contributed by atoms with E-state index in [1.807, 2.05) is 25.1 Å². The highest BCUT2D eigenvalue weighted by Gasteiger charge is 2.04. The molecule has 68 valence electrons. The molecule has 0 amide bonds. The Bertz CT molecular complexity index is 336. The predicted molar refractivity (Wildman–Crippen MR) is 53.1 cm³/mol. The monoisotopic (exact) mass is 174 g/mol. The summed E-state index contributed by atoms with van der Waals surface area (Å²) in [5.74, 6) is 0. The van der Waals surface area contributed by atoms with Crippen LogP contribution in [0.4, 0.5) is 0 Å². The molecule has 2 nitrogen and oxygen atoms in total. The average Bonchev–Trinajstić information content (AvgIpc) is 2.16. The van der Waals surface area contributed by atoms with E-state index in [0.29, 0.717) is 0 Å². The van der Waals surface area contributed by atoms with Gasteiger partial charge in [0.1, 0.15) is 0 Å². The van der Waals surface area contributed by atoms with E-state index in [0.717, 1.165) is 23.1 Å². The van der Waals surface area contributed by atoms with Crippen molar-refractivity contribution in [2.24, 2.45) is 5.73 Å². The quantitative estimate of drug-likeness (QED) is 0.747. The molecule has 1 aromatic rings. The Morgan fingerprint density at radius 3 is 2.69 bits per heavy atom. The Labute approximate surface area is 79.0 Å². The molecule has 0 saturated carbocycles. The van der Waals surface area contributed by atoms with Crippen LogP contribution in [0.25, 0.3) is 0 Å². The molecule has 0 fully saturated rings. The Morgan fingerprint density at radius 1 is 1.54 bits per heavy atom. The van der Waals surface area contributed by atoms with Gasteiger partial charge in [-0.3, -0.25) is 0 Å². The van der Waals surface area contributed by atoms with Crippen LogP contribution in [0.15, 0.2) is 18.2 Å². The minimum absolute atomic E-state index is 0.0893. The highest BCUT2D eigenvalue weighted by Crippen LogP contribution is 2.17. The lowest BCUT2D eigenvalue weighted by molar-refractivity contribution is 0.698. The lowest BCUT2D eigenvalue weighted by Gasteiger charge is -2.10. The summed E-state index contributed by atoms with van der Waals surface area (Å²) >= 11 is 0. The molecule has 0 bridgehead atoms. The van der Waals surface area contributed by atoms with E-state index in [2.05, 4.69) is 13.0 Å². The summed E-state index contributed by atoms with van der Waals surface area (Å²) in [6.45, 7) is 3.99. The molecule has 0 aliphatic carbocycles. The second-order valence-corrected chi connectivity index (χ2v) is 3.20. The first-order chi connectivity index (χ1) is 6.19. The molecule has 0 aliphatic heterocycles. The van der Waals surface area contributed by atoms with Crippen molar-refractivity contribution in [1.82, 2.24) is 0 Å². The van der Waals surface area contributed by atoms with Gasteiger partial charge < -0.3 is 5.73 Å². The van der Waals surface area contributed by atoms with Crippen LogP contribution in [0.3, 0.4) is 0 Å². The maximum atomic E-state index is 8.72. The number of nitriles is 1. The number of hydrogen-bond donors (Lipinski definition) is 1. The van der Waals surface area contributed by atoms with Gasteiger partial charge >= 0.3 is 0 Å². The van der Waals surface area contributed by atoms with Crippen molar-refractivity contribution < 1.29 is 0 Å². The molecule has 1 atom stereocenters. The van der Waals surface area contributed by atoms with Crippen LogP contribution in [0.1, 0.15) is 36.1 Å². The lowest BCUT2D eigenvalue weighted by atomic mass is 10.0. The maximum absolute atomic E-state index is 8.72. The third-order valence-electron chi connectivity index (χ3n) is 2.24. The van der Waals surface area contributed by atoms with Crippen LogP contribution < -0.4 is 5.73 Å². The molecule has 0 heterocycles. The summed E-state index contributed by atoms with van der Waals surface area (Å²) < 4.78 is 0. The fraction of sp³-hybridized carbons (Fsp3) is 0.364. The van der Waals surface area contributed by atoms with Crippen LogP contribution in [0.2, 0.25) is 0 Å². The van der Waals surface area contributed by atoms with Crippen molar-refractivity contribution in [3.63, 3.8) is 0 Å². The highest BCUT2D eigenvalue weighted by atomic mass is 14.6. The number of aryl methyl sites for hydroxylation is 1. The number of nitrogens with zero attached hydrogens (tertiary/aromatic N) is 1. The number of rotatable bonds is 2. The van der Waals surface area contributed by atoms with Gasteiger partial charge in [0.2, 0.25) is 0 Å². The van der Waals surface area contributed by atoms with Gasteiger partial charge in [-0.25, -0.2) is 0 Å². The van der Waals surface area contributed by atoms with E-state index in [9.17, 15) is 0 Å². The van der Waals surface area contributed by atoms with E-state index in [1.165, 1.54) is 0 Å². The minimum Gasteiger partial charge on any atom is -0.324 e. The molecule has 1 rings (SSSR count). The molecule has 0 spiro atoms. The van der Waals surface area contributed by atoms with Crippen molar-refractivity contribution in [2.45, 2.75) is 26.3 Å². The summed E-state index contributed by atoms with van der Waals surface area (Å²) in [7, 11) is 0. The van der Waals surface area contributed by atoms with E-state index in [-0.39, 0.29) is 6.04 Å². The Morgan fingerprint density at radius 2 is 2.23 bits per heavy atom. The molecule has 13 heavy (non-hydrogen) atoms. The third kappa shape index (κ3) is 2.07. The number of benzene rings is 1. The van der Waals surface area contributed by atoms with Crippen molar-refractivity contribution in [1.29, 1.82) is 5.26 Å². The zero-order valence-corrected chi connectivity index (χ0v) is 8.04. The van der Waals surface area contributed by atoms with Crippen molar-refractivity contribution in [3.05, 3.63) is 34.9 Å². The summed E-state index contributed by atoms with van der Waals surface area (Å²) in [4.78, 5) is 0. The molecular weight excluding hydrogens is 160 g/mol. The standard InChI is InChI=1S/C11H14N2/c1-3-11(13)9-4-5-10(7-12)8(2)6-9/h4-6,11H,3,13H2,1-2H3/t11-/m0/s1. The van der Waals surface area contributed by atoms with Crippen molar-refractivity contribution >= 4 is 0 Å². The van der Waals surface area contributed by atoms with Gasteiger partial charge in [-0.1, -0.05) is 19.1 Å². The van der Waals surface area contributed by atoms with Crippen LogP contribution in [-0.4, -0.2) is 0 Å². The maximum Gasteiger partial charge on any atom is 0.0994 e. The largest absolute Gasteiger partial charge is 0.324 e. The molecule has 0 aromatic heterocycles. The van der Waals surface area contributed by atoms with Gasteiger partial charge in [0.05, 0.1) is 11.6 Å². The number of hydrogen-bond acceptors (Lipinski definition) is 2. The van der Waals surface area contributed by atoms with Gasteiger partial charge in [-0.2, -0.15) is 5.26 Å². The Balaban J connectivity index is 3.04. The van der Waals surface area contributed by atoms with E-state index < -0.39 is 0 Å². The lowest BCUT2D eigenvalue weighted by Crippen LogP contribution is -2.08. The van der Waals surface area contributed by atoms with Gasteiger partial charge in [0, 0.05) is 6.04 Å². The fourth-order valence-electron chi connectivity index (χ4n) is 1.28. The van der Waals surface area contributed by atoms with Gasteiger partial charge in [-0.05, 0) is 30.5 Å². The second kappa shape index (κ2) is 4.06. The first kappa shape index (κ1) is 9.76. The van der Waals surface area contributed by atoms with Crippen molar-refractivity contribution in [2.75, 3.05) is 0 Å². The third-order valence-corrected chi connectivity index (χ3v) is 2.24. The van der Waals surface area contributed by atoms with Crippen LogP contribution >= 0.6 is 0 Å². The summed E-state index contributed by atoms with van der Waals surface area (Å²) in [6.07, 6.45) is 0.922. The van der Waals surface area contributed by atoms with Crippen LogP contribution in [0.5, 0.6) is 0 Å². The smallest absolute Gasteiger partial charge is 0.0994 e. The first-order valence-electron chi connectivity index (χ1n) is 4.45. The van der Waals surface area contributed by atoms with Crippen molar-refractivity contribution in [3.8, 4) is 6.07 Å². The molecule has 2 N–H and O–H groups in total. The topological polar surface area (TPSA) is 49.8 Å². The molecule has 0 aliphatic rings. The predicted octanol–water partition coefficient (Wildman–Crippen LogP) is 2.28. The van der Waals surface area contributed by atoms with E-state index in [1.54, 1.807) is 0 Å². The molecule has 1 aromatic carbocycles. The van der Waals surface area contributed by atoms with Gasteiger partial charge in [0.15, 0.2) is 0 Å². The molecule has 0 saturated heterocycles. The highest BCUT2D eigenvalue weighted by molar-refractivity contribution is 5.40.